The van der Waals surface area contributed by atoms with Crippen LogP contribution in [0, 0.1) is 0 Å². The van der Waals surface area contributed by atoms with Crippen LogP contribution in [0.4, 0.5) is 0 Å². The van der Waals surface area contributed by atoms with Gasteiger partial charge in [0.25, 0.3) is 0 Å². The summed E-state index contributed by atoms with van der Waals surface area (Å²) in [6.45, 7) is 0.503. The van der Waals surface area contributed by atoms with E-state index < -0.39 is 0 Å². The molecule has 0 saturated heterocycles. The van der Waals surface area contributed by atoms with Crippen LogP contribution in [0.2, 0.25) is 5.15 Å². The molecule has 0 amide bonds. The lowest BCUT2D eigenvalue weighted by molar-refractivity contribution is 1.26. The van der Waals surface area contributed by atoms with E-state index in [1.54, 1.807) is 6.20 Å². The lowest BCUT2D eigenvalue weighted by Gasteiger charge is -1.96. The Morgan fingerprint density at radius 2 is 2.42 bits per heavy atom. The van der Waals surface area contributed by atoms with Gasteiger partial charge in [-0.25, -0.2) is 4.98 Å². The minimum atomic E-state index is 0.489. The molecule has 1 aromatic rings. The van der Waals surface area contributed by atoms with Gasteiger partial charge in [0.1, 0.15) is 5.15 Å². The Kier molecular flexibility index (Phi) is 3.72. The van der Waals surface area contributed by atoms with Crippen LogP contribution in [0.1, 0.15) is 5.56 Å². The Morgan fingerprint density at radius 1 is 1.67 bits per heavy atom. The Morgan fingerprint density at radius 3 is 3.08 bits per heavy atom. The molecule has 0 radical (unpaired) electrons. The largest absolute Gasteiger partial charge is 0.327 e. The van der Waals surface area contributed by atoms with Gasteiger partial charge in [-0.1, -0.05) is 23.8 Å². The zero-order valence-corrected chi connectivity index (χ0v) is 8.64. The van der Waals surface area contributed by atoms with Crippen LogP contribution in [0.3, 0.4) is 0 Å². The third-order valence-electron chi connectivity index (χ3n) is 1.27. The maximum absolute atomic E-state index is 5.81. The lowest BCUT2D eigenvalue weighted by Crippen LogP contribution is -1.92. The van der Waals surface area contributed by atoms with E-state index in [-0.39, 0.29) is 0 Å². The van der Waals surface area contributed by atoms with E-state index in [0.717, 1.165) is 10.0 Å². The monoisotopic (exact) mass is 246 g/mol. The van der Waals surface area contributed by atoms with E-state index >= 15 is 0 Å². The molecule has 0 unspecified atom stereocenters. The number of rotatable bonds is 2. The minimum absolute atomic E-state index is 0.489. The maximum Gasteiger partial charge on any atom is 0.136 e. The summed E-state index contributed by atoms with van der Waals surface area (Å²) in [5.74, 6) is 0. The van der Waals surface area contributed by atoms with Gasteiger partial charge in [0.05, 0.1) is 0 Å². The first-order valence-corrected chi connectivity index (χ1v) is 4.59. The number of nitrogens with zero attached hydrogens (tertiary/aromatic N) is 1. The Balaban J connectivity index is 2.97. The summed E-state index contributed by atoms with van der Waals surface area (Å²) >= 11 is 9.11. The molecule has 0 bridgehead atoms. The summed E-state index contributed by atoms with van der Waals surface area (Å²) in [6.07, 6.45) is 5.33. The molecule has 0 aromatic carbocycles. The van der Waals surface area contributed by atoms with Crippen molar-refractivity contribution < 1.29 is 0 Å². The molecule has 2 N–H and O–H groups in total. The van der Waals surface area contributed by atoms with Crippen molar-refractivity contribution in [1.82, 2.24) is 4.98 Å². The molecule has 12 heavy (non-hydrogen) atoms. The molecule has 1 aromatic heterocycles. The van der Waals surface area contributed by atoms with Crippen LogP contribution < -0.4 is 5.73 Å². The molecule has 0 aliphatic rings. The Labute approximate surface area is 84.6 Å². The van der Waals surface area contributed by atoms with Crippen LogP contribution in [-0.4, -0.2) is 11.5 Å². The number of halogens is 2. The van der Waals surface area contributed by atoms with Gasteiger partial charge in [0.15, 0.2) is 0 Å². The van der Waals surface area contributed by atoms with Crippen molar-refractivity contribution in [3.63, 3.8) is 0 Å². The van der Waals surface area contributed by atoms with E-state index in [1.807, 2.05) is 18.2 Å². The highest BCUT2D eigenvalue weighted by molar-refractivity contribution is 9.10. The molecule has 2 nitrogen and oxygen atoms in total. The van der Waals surface area contributed by atoms with E-state index in [0.29, 0.717) is 11.7 Å². The first-order valence-electron chi connectivity index (χ1n) is 3.41. The smallest absolute Gasteiger partial charge is 0.136 e. The summed E-state index contributed by atoms with van der Waals surface area (Å²) < 4.78 is 0.906. The van der Waals surface area contributed by atoms with Gasteiger partial charge in [0.2, 0.25) is 0 Å². The highest BCUT2D eigenvalue weighted by Crippen LogP contribution is 2.18. The van der Waals surface area contributed by atoms with Gasteiger partial charge in [-0.15, -0.1) is 0 Å². The van der Waals surface area contributed by atoms with E-state index in [1.165, 1.54) is 0 Å². The number of nitrogens with two attached hydrogens (primary N) is 1. The number of hydrogen-bond donors (Lipinski definition) is 1. The van der Waals surface area contributed by atoms with Gasteiger partial charge in [0, 0.05) is 22.8 Å². The number of pyridine rings is 1. The van der Waals surface area contributed by atoms with E-state index in [9.17, 15) is 0 Å². The molecule has 0 fully saturated rings. The molecular formula is C8H8BrClN2. The van der Waals surface area contributed by atoms with Crippen LogP contribution in [-0.2, 0) is 0 Å². The fraction of sp³-hybridized carbons (Fsp3) is 0.125. The zero-order valence-electron chi connectivity index (χ0n) is 6.30. The Hall–Kier alpha value is -0.380. The third kappa shape index (κ3) is 2.59. The molecule has 0 aliphatic carbocycles. The second-order valence-electron chi connectivity index (χ2n) is 2.17. The molecule has 0 spiro atoms. The van der Waals surface area contributed by atoms with Crippen molar-refractivity contribution >= 4 is 33.6 Å². The molecule has 0 aliphatic heterocycles. The highest BCUT2D eigenvalue weighted by Gasteiger charge is 1.97. The number of hydrogen-bond acceptors (Lipinski definition) is 2. The molecule has 1 heterocycles. The molecule has 64 valence electrons. The summed E-state index contributed by atoms with van der Waals surface area (Å²) in [5, 5.41) is 0.489. The van der Waals surface area contributed by atoms with Crippen LogP contribution in [0.15, 0.2) is 22.8 Å². The Bertz CT molecular complexity index is 299. The van der Waals surface area contributed by atoms with E-state index in [4.69, 9.17) is 17.3 Å². The first-order chi connectivity index (χ1) is 5.74. The number of aromatic nitrogens is 1. The molecule has 4 heteroatoms. The lowest BCUT2D eigenvalue weighted by atomic mass is 10.2. The van der Waals surface area contributed by atoms with Gasteiger partial charge in [-0.2, -0.15) is 0 Å². The minimum Gasteiger partial charge on any atom is -0.327 e. The molecule has 0 saturated carbocycles. The second-order valence-corrected chi connectivity index (χ2v) is 3.45. The van der Waals surface area contributed by atoms with E-state index in [2.05, 4.69) is 20.9 Å². The molecule has 0 atom stereocenters. The van der Waals surface area contributed by atoms with Crippen molar-refractivity contribution in [2.75, 3.05) is 6.54 Å². The van der Waals surface area contributed by atoms with Crippen molar-refractivity contribution in [2.45, 2.75) is 0 Å². The average molecular weight is 248 g/mol. The normalized spacial score (nSPS) is 10.9. The van der Waals surface area contributed by atoms with Gasteiger partial charge >= 0.3 is 0 Å². The fourth-order valence-corrected chi connectivity index (χ4v) is 1.27. The highest BCUT2D eigenvalue weighted by atomic mass is 79.9. The maximum atomic E-state index is 5.81. The van der Waals surface area contributed by atoms with Gasteiger partial charge in [-0.05, 0) is 22.0 Å². The predicted molar refractivity (Wildman–Crippen MR) is 55.0 cm³/mol. The van der Waals surface area contributed by atoms with Crippen molar-refractivity contribution in [1.29, 1.82) is 0 Å². The van der Waals surface area contributed by atoms with Crippen LogP contribution in [0.5, 0.6) is 0 Å². The van der Waals surface area contributed by atoms with Crippen molar-refractivity contribution in [3.8, 4) is 0 Å². The topological polar surface area (TPSA) is 38.9 Å². The quantitative estimate of drug-likeness (QED) is 0.816. The van der Waals surface area contributed by atoms with Crippen molar-refractivity contribution in [3.05, 3.63) is 33.5 Å². The summed E-state index contributed by atoms with van der Waals surface area (Å²) in [6, 6.07) is 1.89. The summed E-state index contributed by atoms with van der Waals surface area (Å²) in [7, 11) is 0. The standard InChI is InChI=1S/C8H8BrClN2/c9-7-4-6(2-1-3-11)8(10)12-5-7/h1-2,4-5H,3,11H2/b2-1+. The zero-order chi connectivity index (χ0) is 8.97. The predicted octanol–water partition coefficient (Wildman–Crippen LogP) is 2.47. The van der Waals surface area contributed by atoms with Gasteiger partial charge in [-0.3, -0.25) is 0 Å². The molecule has 1 rings (SSSR count). The summed E-state index contributed by atoms with van der Waals surface area (Å²) in [4.78, 5) is 3.96. The fourth-order valence-electron chi connectivity index (χ4n) is 0.750. The first kappa shape index (κ1) is 9.71. The SMILES string of the molecule is NC/C=C/c1cc(Br)cnc1Cl. The molecular weight excluding hydrogens is 239 g/mol. The summed E-state index contributed by atoms with van der Waals surface area (Å²) in [5.41, 5.74) is 6.17. The van der Waals surface area contributed by atoms with Gasteiger partial charge < -0.3 is 5.73 Å². The third-order valence-corrected chi connectivity index (χ3v) is 2.02. The second kappa shape index (κ2) is 4.60. The average Bonchev–Trinajstić information content (AvgIpc) is 2.07. The van der Waals surface area contributed by atoms with Crippen LogP contribution >= 0.6 is 27.5 Å². The van der Waals surface area contributed by atoms with Crippen molar-refractivity contribution in [2.24, 2.45) is 5.73 Å². The van der Waals surface area contributed by atoms with Crippen LogP contribution in [0.25, 0.3) is 6.08 Å².